The number of para-hydroxylation sites is 1. The Bertz CT molecular complexity index is 841. The van der Waals surface area contributed by atoms with Gasteiger partial charge >= 0.3 is 5.97 Å². The zero-order valence-electron chi connectivity index (χ0n) is 16.7. The van der Waals surface area contributed by atoms with Gasteiger partial charge in [0.25, 0.3) is 5.91 Å². The molecule has 0 heterocycles. The number of hydrogen-bond acceptors (Lipinski definition) is 4. The summed E-state index contributed by atoms with van der Waals surface area (Å²) >= 11 is 0. The minimum atomic E-state index is -0.621. The second-order valence-corrected chi connectivity index (χ2v) is 7.33. The van der Waals surface area contributed by atoms with E-state index in [0.717, 1.165) is 5.69 Å². The predicted molar refractivity (Wildman–Crippen MR) is 109 cm³/mol. The molecule has 148 valence electrons. The van der Waals surface area contributed by atoms with E-state index in [-0.39, 0.29) is 24.0 Å². The first kappa shape index (κ1) is 21.2. The van der Waals surface area contributed by atoms with Gasteiger partial charge in [-0.25, -0.2) is 4.79 Å². The molecule has 0 aliphatic rings. The van der Waals surface area contributed by atoms with Gasteiger partial charge in [0.15, 0.2) is 6.61 Å². The smallest absolute Gasteiger partial charge is 0.338 e. The molecule has 2 aromatic rings. The predicted octanol–water partition coefficient (Wildman–Crippen LogP) is 3.88. The van der Waals surface area contributed by atoms with Crippen molar-refractivity contribution in [1.82, 2.24) is 0 Å². The molecule has 0 aliphatic carbocycles. The van der Waals surface area contributed by atoms with Crippen LogP contribution in [0, 0.1) is 5.41 Å². The largest absolute Gasteiger partial charge is 0.452 e. The van der Waals surface area contributed by atoms with Gasteiger partial charge in [0.2, 0.25) is 5.91 Å². The number of likely N-dealkylation sites (N-methyl/N-ethyl adjacent to an activating group) is 1. The van der Waals surface area contributed by atoms with Crippen molar-refractivity contribution < 1.29 is 19.1 Å². The number of hydrogen-bond donors (Lipinski definition) is 1. The molecule has 0 unspecified atom stereocenters. The Hall–Kier alpha value is -3.15. The fourth-order valence-electron chi connectivity index (χ4n) is 2.44. The molecule has 2 amide bonds. The zero-order chi connectivity index (χ0) is 20.7. The highest BCUT2D eigenvalue weighted by Gasteiger charge is 2.22. The van der Waals surface area contributed by atoms with Gasteiger partial charge in [0.05, 0.1) is 5.56 Å². The van der Waals surface area contributed by atoms with Gasteiger partial charge in [-0.3, -0.25) is 9.59 Å². The van der Waals surface area contributed by atoms with Crippen molar-refractivity contribution in [3.63, 3.8) is 0 Å². The van der Waals surface area contributed by atoms with E-state index in [1.54, 1.807) is 43.9 Å². The van der Waals surface area contributed by atoms with Crippen LogP contribution in [-0.4, -0.2) is 30.9 Å². The number of ether oxygens (including phenoxy) is 1. The molecule has 6 heteroatoms. The summed E-state index contributed by atoms with van der Waals surface area (Å²) in [5.74, 6) is -1.08. The van der Waals surface area contributed by atoms with E-state index in [1.165, 1.54) is 6.07 Å². The van der Waals surface area contributed by atoms with E-state index in [9.17, 15) is 14.4 Å². The molecule has 6 nitrogen and oxygen atoms in total. The van der Waals surface area contributed by atoms with E-state index < -0.39 is 11.4 Å². The number of carbonyl (C=O) groups excluding carboxylic acids is 3. The van der Waals surface area contributed by atoms with E-state index in [4.69, 9.17) is 4.74 Å². The van der Waals surface area contributed by atoms with Crippen LogP contribution in [0.15, 0.2) is 54.6 Å². The molecule has 0 aromatic heterocycles. The van der Waals surface area contributed by atoms with Crippen LogP contribution in [0.3, 0.4) is 0 Å². The Balaban J connectivity index is 2.00. The molecule has 0 saturated carbocycles. The Kier molecular flexibility index (Phi) is 6.93. The van der Waals surface area contributed by atoms with Crippen LogP contribution in [0.1, 0.15) is 38.1 Å². The molecule has 0 radical (unpaired) electrons. The highest BCUT2D eigenvalue weighted by atomic mass is 16.5. The van der Waals surface area contributed by atoms with Crippen LogP contribution in [-0.2, 0) is 14.3 Å². The SMILES string of the molecule is CCN(C(=O)COC(=O)c1cccc(NC(=O)C(C)(C)C)c1)c1ccccc1. The summed E-state index contributed by atoms with van der Waals surface area (Å²) in [7, 11) is 0. The van der Waals surface area contributed by atoms with Gasteiger partial charge in [-0.2, -0.15) is 0 Å². The van der Waals surface area contributed by atoms with Crippen molar-refractivity contribution >= 4 is 29.2 Å². The third-order valence-corrected chi connectivity index (χ3v) is 4.05. The van der Waals surface area contributed by atoms with Crippen molar-refractivity contribution in [1.29, 1.82) is 0 Å². The fraction of sp³-hybridized carbons (Fsp3) is 0.318. The molecule has 2 rings (SSSR count). The van der Waals surface area contributed by atoms with Gasteiger partial charge in [0.1, 0.15) is 0 Å². The summed E-state index contributed by atoms with van der Waals surface area (Å²) in [5.41, 5.74) is 0.963. The van der Waals surface area contributed by atoms with Gasteiger partial charge in [-0.05, 0) is 37.3 Å². The van der Waals surface area contributed by atoms with Crippen molar-refractivity contribution in [2.24, 2.45) is 5.41 Å². The Morgan fingerprint density at radius 1 is 1.00 bits per heavy atom. The van der Waals surface area contributed by atoms with E-state index in [2.05, 4.69) is 5.32 Å². The van der Waals surface area contributed by atoms with Crippen LogP contribution in [0.25, 0.3) is 0 Å². The van der Waals surface area contributed by atoms with Crippen LogP contribution in [0.5, 0.6) is 0 Å². The summed E-state index contributed by atoms with van der Waals surface area (Å²) in [6.07, 6.45) is 0. The maximum absolute atomic E-state index is 12.4. The standard InChI is InChI=1S/C22H26N2O4/c1-5-24(18-12-7-6-8-13-18)19(25)15-28-20(26)16-10-9-11-17(14-16)23-21(27)22(2,3)4/h6-14H,5,15H2,1-4H3,(H,23,27). The zero-order valence-corrected chi connectivity index (χ0v) is 16.7. The average Bonchev–Trinajstić information content (AvgIpc) is 2.67. The fourth-order valence-corrected chi connectivity index (χ4v) is 2.44. The number of amides is 2. The van der Waals surface area contributed by atoms with Crippen molar-refractivity contribution in [2.45, 2.75) is 27.7 Å². The average molecular weight is 382 g/mol. The lowest BCUT2D eigenvalue weighted by molar-refractivity contribution is -0.123. The number of anilines is 2. The van der Waals surface area contributed by atoms with Crippen LogP contribution < -0.4 is 10.2 Å². The topological polar surface area (TPSA) is 75.7 Å². The summed E-state index contributed by atoms with van der Waals surface area (Å²) in [6, 6.07) is 15.7. The first-order valence-corrected chi connectivity index (χ1v) is 9.16. The number of nitrogens with zero attached hydrogens (tertiary/aromatic N) is 1. The van der Waals surface area contributed by atoms with Crippen molar-refractivity contribution in [3.05, 3.63) is 60.2 Å². The second kappa shape index (κ2) is 9.17. The molecule has 28 heavy (non-hydrogen) atoms. The molecular weight excluding hydrogens is 356 g/mol. The minimum absolute atomic E-state index is 0.158. The minimum Gasteiger partial charge on any atom is -0.452 e. The van der Waals surface area contributed by atoms with Gasteiger partial charge in [-0.1, -0.05) is 45.0 Å². The number of benzene rings is 2. The molecular formula is C22H26N2O4. The van der Waals surface area contributed by atoms with E-state index >= 15 is 0 Å². The number of nitrogens with one attached hydrogen (secondary N) is 1. The van der Waals surface area contributed by atoms with E-state index in [0.29, 0.717) is 12.2 Å². The Morgan fingerprint density at radius 3 is 2.29 bits per heavy atom. The Morgan fingerprint density at radius 2 is 1.68 bits per heavy atom. The monoisotopic (exact) mass is 382 g/mol. The van der Waals surface area contributed by atoms with E-state index in [1.807, 2.05) is 37.3 Å². The molecule has 0 saturated heterocycles. The van der Waals surface area contributed by atoms with Crippen LogP contribution >= 0.6 is 0 Å². The molecule has 0 aliphatic heterocycles. The summed E-state index contributed by atoms with van der Waals surface area (Å²) in [4.78, 5) is 38.4. The first-order chi connectivity index (χ1) is 13.2. The third-order valence-electron chi connectivity index (χ3n) is 4.05. The van der Waals surface area contributed by atoms with Crippen molar-refractivity contribution in [3.8, 4) is 0 Å². The summed E-state index contributed by atoms with van der Waals surface area (Å²) in [6.45, 7) is 7.37. The lowest BCUT2D eigenvalue weighted by atomic mass is 9.95. The lowest BCUT2D eigenvalue weighted by Gasteiger charge is -2.20. The number of carbonyl (C=O) groups is 3. The molecule has 0 bridgehead atoms. The Labute approximate surface area is 165 Å². The van der Waals surface area contributed by atoms with Crippen LogP contribution in [0.4, 0.5) is 11.4 Å². The molecule has 2 aromatic carbocycles. The lowest BCUT2D eigenvalue weighted by Crippen LogP contribution is -2.34. The summed E-state index contributed by atoms with van der Waals surface area (Å²) < 4.78 is 5.18. The number of esters is 1. The molecule has 0 fully saturated rings. The number of rotatable bonds is 6. The maximum Gasteiger partial charge on any atom is 0.338 e. The van der Waals surface area contributed by atoms with Crippen molar-refractivity contribution in [2.75, 3.05) is 23.4 Å². The van der Waals surface area contributed by atoms with Gasteiger partial charge in [-0.15, -0.1) is 0 Å². The molecule has 0 spiro atoms. The highest BCUT2D eigenvalue weighted by molar-refractivity contribution is 5.98. The highest BCUT2D eigenvalue weighted by Crippen LogP contribution is 2.19. The second-order valence-electron chi connectivity index (χ2n) is 7.33. The normalized spacial score (nSPS) is 10.9. The molecule has 1 N–H and O–H groups in total. The van der Waals surface area contributed by atoms with Crippen LogP contribution in [0.2, 0.25) is 0 Å². The van der Waals surface area contributed by atoms with Gasteiger partial charge in [0, 0.05) is 23.3 Å². The maximum atomic E-state index is 12.4. The molecule has 0 atom stereocenters. The first-order valence-electron chi connectivity index (χ1n) is 9.16. The van der Waals surface area contributed by atoms with Gasteiger partial charge < -0.3 is 15.0 Å². The third kappa shape index (κ3) is 5.67. The quantitative estimate of drug-likeness (QED) is 0.769. The summed E-state index contributed by atoms with van der Waals surface area (Å²) in [5, 5.41) is 2.77.